The average Bonchev–Trinajstić information content (AvgIpc) is 2.57. The van der Waals surface area contributed by atoms with Gasteiger partial charge in [-0.3, -0.25) is 4.79 Å². The third kappa shape index (κ3) is 3.57. The minimum Gasteiger partial charge on any atom is -0.368 e. The molecule has 3 rings (SSSR count). The standard InChI is InChI=1S/C17H15Cl3N2O/c18-12-3-1-4-13(11-12)21-7-9-22(10-8-21)17(23)14-5-2-6-15(19)16(14)20/h1-6,11H,7-10H2. The summed E-state index contributed by atoms with van der Waals surface area (Å²) in [6.45, 7) is 2.77. The van der Waals surface area contributed by atoms with E-state index in [1.807, 2.05) is 24.3 Å². The average molecular weight is 370 g/mol. The minimum absolute atomic E-state index is 0.0803. The molecule has 6 heteroatoms. The lowest BCUT2D eigenvalue weighted by Crippen LogP contribution is -2.48. The van der Waals surface area contributed by atoms with Gasteiger partial charge in [0.1, 0.15) is 0 Å². The Bertz CT molecular complexity index is 728. The molecule has 0 aliphatic carbocycles. The molecule has 3 nitrogen and oxygen atoms in total. The number of carbonyl (C=O) groups is 1. The highest BCUT2D eigenvalue weighted by atomic mass is 35.5. The molecular formula is C17H15Cl3N2O. The maximum atomic E-state index is 12.6. The van der Waals surface area contributed by atoms with Gasteiger partial charge in [-0.2, -0.15) is 0 Å². The fraction of sp³-hybridized carbons (Fsp3) is 0.235. The lowest BCUT2D eigenvalue weighted by molar-refractivity contribution is 0.0747. The molecule has 0 spiro atoms. The summed E-state index contributed by atoms with van der Waals surface area (Å²) < 4.78 is 0. The van der Waals surface area contributed by atoms with Crippen molar-refractivity contribution in [3.63, 3.8) is 0 Å². The Kier molecular flexibility index (Phi) is 5.00. The van der Waals surface area contributed by atoms with Crippen molar-refractivity contribution in [3.05, 3.63) is 63.1 Å². The first-order chi connectivity index (χ1) is 11.1. The number of hydrogen-bond donors (Lipinski definition) is 0. The Morgan fingerprint density at radius 1 is 0.913 bits per heavy atom. The van der Waals surface area contributed by atoms with Gasteiger partial charge in [-0.25, -0.2) is 0 Å². The van der Waals surface area contributed by atoms with Crippen molar-refractivity contribution in [2.24, 2.45) is 0 Å². The van der Waals surface area contributed by atoms with Crippen LogP contribution in [0, 0.1) is 0 Å². The maximum Gasteiger partial charge on any atom is 0.255 e. The third-order valence-corrected chi connectivity index (χ3v) is 4.98. The van der Waals surface area contributed by atoms with Gasteiger partial charge in [-0.1, -0.05) is 46.9 Å². The highest BCUT2D eigenvalue weighted by molar-refractivity contribution is 6.43. The number of piperazine rings is 1. The summed E-state index contributed by atoms with van der Waals surface area (Å²) in [7, 11) is 0. The molecule has 120 valence electrons. The van der Waals surface area contributed by atoms with E-state index < -0.39 is 0 Å². The summed E-state index contributed by atoms with van der Waals surface area (Å²) >= 11 is 18.2. The molecule has 23 heavy (non-hydrogen) atoms. The number of halogens is 3. The number of amides is 1. The fourth-order valence-electron chi connectivity index (χ4n) is 2.68. The van der Waals surface area contributed by atoms with Gasteiger partial charge in [0.15, 0.2) is 0 Å². The van der Waals surface area contributed by atoms with Gasteiger partial charge in [0.25, 0.3) is 5.91 Å². The number of benzene rings is 2. The van der Waals surface area contributed by atoms with Gasteiger partial charge in [0, 0.05) is 36.9 Å². The second-order valence-corrected chi connectivity index (χ2v) is 6.58. The van der Waals surface area contributed by atoms with Gasteiger partial charge in [0.05, 0.1) is 15.6 Å². The van der Waals surface area contributed by atoms with Crippen molar-refractivity contribution in [3.8, 4) is 0 Å². The van der Waals surface area contributed by atoms with E-state index in [9.17, 15) is 4.79 Å². The van der Waals surface area contributed by atoms with Crippen molar-refractivity contribution >= 4 is 46.4 Å². The molecule has 1 fully saturated rings. The zero-order valence-electron chi connectivity index (χ0n) is 12.3. The Hall–Kier alpha value is -1.42. The van der Waals surface area contributed by atoms with Crippen molar-refractivity contribution in [2.45, 2.75) is 0 Å². The molecule has 1 heterocycles. The number of hydrogen-bond acceptors (Lipinski definition) is 2. The van der Waals surface area contributed by atoms with Crippen LogP contribution in [0.25, 0.3) is 0 Å². The summed E-state index contributed by atoms with van der Waals surface area (Å²) in [6.07, 6.45) is 0. The Morgan fingerprint density at radius 3 is 2.30 bits per heavy atom. The molecule has 2 aromatic rings. The summed E-state index contributed by atoms with van der Waals surface area (Å²) in [4.78, 5) is 16.6. The summed E-state index contributed by atoms with van der Waals surface area (Å²) in [5, 5.41) is 1.43. The smallest absolute Gasteiger partial charge is 0.255 e. The first kappa shape index (κ1) is 16.4. The van der Waals surface area contributed by atoms with Gasteiger partial charge < -0.3 is 9.80 Å². The molecule has 0 N–H and O–H groups in total. The zero-order valence-corrected chi connectivity index (χ0v) is 14.6. The second kappa shape index (κ2) is 7.00. The largest absolute Gasteiger partial charge is 0.368 e. The fourth-order valence-corrected chi connectivity index (χ4v) is 3.25. The zero-order chi connectivity index (χ0) is 16.4. The number of carbonyl (C=O) groups excluding carboxylic acids is 1. The van der Waals surface area contributed by atoms with Gasteiger partial charge in [0.2, 0.25) is 0 Å². The quantitative estimate of drug-likeness (QED) is 0.772. The van der Waals surface area contributed by atoms with Gasteiger partial charge >= 0.3 is 0 Å². The van der Waals surface area contributed by atoms with Crippen LogP contribution in [0.15, 0.2) is 42.5 Å². The molecule has 1 saturated heterocycles. The molecule has 0 aromatic heterocycles. The van der Waals surface area contributed by atoms with Crippen LogP contribution >= 0.6 is 34.8 Å². The first-order valence-electron chi connectivity index (χ1n) is 7.30. The van der Waals surface area contributed by atoms with Crippen LogP contribution in [-0.4, -0.2) is 37.0 Å². The summed E-state index contributed by atoms with van der Waals surface area (Å²) in [5.41, 5.74) is 1.53. The maximum absolute atomic E-state index is 12.6. The minimum atomic E-state index is -0.0803. The number of rotatable bonds is 2. The van der Waals surface area contributed by atoms with E-state index in [-0.39, 0.29) is 5.91 Å². The molecular weight excluding hydrogens is 355 g/mol. The van der Waals surface area contributed by atoms with Crippen LogP contribution in [0.5, 0.6) is 0 Å². The molecule has 1 amide bonds. The van der Waals surface area contributed by atoms with Crippen molar-refractivity contribution in [1.29, 1.82) is 0 Å². The molecule has 0 saturated carbocycles. The lowest BCUT2D eigenvalue weighted by Gasteiger charge is -2.36. The van der Waals surface area contributed by atoms with E-state index in [0.717, 1.165) is 18.8 Å². The van der Waals surface area contributed by atoms with E-state index >= 15 is 0 Å². The van der Waals surface area contributed by atoms with Crippen LogP contribution in [0.2, 0.25) is 15.1 Å². The summed E-state index contributed by atoms with van der Waals surface area (Å²) in [6, 6.07) is 12.9. The first-order valence-corrected chi connectivity index (χ1v) is 8.43. The Labute approximate surface area is 150 Å². The SMILES string of the molecule is O=C(c1cccc(Cl)c1Cl)N1CCN(c2cccc(Cl)c2)CC1. The van der Waals surface area contributed by atoms with E-state index in [1.165, 1.54) is 0 Å². The van der Waals surface area contributed by atoms with E-state index in [2.05, 4.69) is 4.90 Å². The van der Waals surface area contributed by atoms with Crippen molar-refractivity contribution in [2.75, 3.05) is 31.1 Å². The van der Waals surface area contributed by atoms with Gasteiger partial charge in [-0.05, 0) is 30.3 Å². The van der Waals surface area contributed by atoms with E-state index in [1.54, 1.807) is 23.1 Å². The molecule has 0 atom stereocenters. The van der Waals surface area contributed by atoms with Crippen LogP contribution < -0.4 is 4.90 Å². The molecule has 0 bridgehead atoms. The lowest BCUT2D eigenvalue weighted by atomic mass is 10.1. The Morgan fingerprint density at radius 2 is 1.61 bits per heavy atom. The predicted octanol–water partition coefficient (Wildman–Crippen LogP) is 4.61. The molecule has 1 aliphatic rings. The van der Waals surface area contributed by atoms with Crippen LogP contribution in [-0.2, 0) is 0 Å². The topological polar surface area (TPSA) is 23.6 Å². The molecule has 1 aliphatic heterocycles. The van der Waals surface area contributed by atoms with Crippen LogP contribution in [0.3, 0.4) is 0 Å². The summed E-state index contributed by atoms with van der Waals surface area (Å²) in [5.74, 6) is -0.0803. The molecule has 2 aromatic carbocycles. The van der Waals surface area contributed by atoms with Crippen molar-refractivity contribution < 1.29 is 4.79 Å². The number of nitrogens with zero attached hydrogens (tertiary/aromatic N) is 2. The Balaban J connectivity index is 1.69. The monoisotopic (exact) mass is 368 g/mol. The third-order valence-electron chi connectivity index (χ3n) is 3.92. The predicted molar refractivity (Wildman–Crippen MR) is 96.0 cm³/mol. The normalized spacial score (nSPS) is 14.9. The van der Waals surface area contributed by atoms with Crippen molar-refractivity contribution in [1.82, 2.24) is 4.90 Å². The highest BCUT2D eigenvalue weighted by Crippen LogP contribution is 2.27. The molecule has 0 radical (unpaired) electrons. The van der Waals surface area contributed by atoms with Gasteiger partial charge in [-0.15, -0.1) is 0 Å². The second-order valence-electron chi connectivity index (χ2n) is 5.36. The van der Waals surface area contributed by atoms with Crippen LogP contribution in [0.1, 0.15) is 10.4 Å². The molecule has 0 unspecified atom stereocenters. The number of anilines is 1. The van der Waals surface area contributed by atoms with Crippen LogP contribution in [0.4, 0.5) is 5.69 Å². The van der Waals surface area contributed by atoms with E-state index in [4.69, 9.17) is 34.8 Å². The van der Waals surface area contributed by atoms with E-state index in [0.29, 0.717) is 33.7 Å². The highest BCUT2D eigenvalue weighted by Gasteiger charge is 2.24.